The molecule has 0 saturated carbocycles. The number of rotatable bonds is 6. The Kier molecular flexibility index (Phi) is 4.94. The summed E-state index contributed by atoms with van der Waals surface area (Å²) >= 11 is 0. The van der Waals surface area contributed by atoms with Gasteiger partial charge in [-0.1, -0.05) is 6.08 Å². The molecule has 0 bridgehead atoms. The molecule has 0 aliphatic carbocycles. The monoisotopic (exact) mass is 190 g/mol. The first-order chi connectivity index (χ1) is 6.84. The molecule has 1 heterocycles. The maximum atomic E-state index is 4.00. The summed E-state index contributed by atoms with van der Waals surface area (Å²) in [5, 5.41) is 3.46. The molecule has 1 aromatic heterocycles. The molecule has 0 spiro atoms. The third-order valence-electron chi connectivity index (χ3n) is 2.24. The number of aromatic nitrogens is 1. The molecule has 2 nitrogen and oxygen atoms in total. The Balaban J connectivity index is 2.28. The van der Waals surface area contributed by atoms with Gasteiger partial charge in [0.2, 0.25) is 0 Å². The van der Waals surface area contributed by atoms with Crippen molar-refractivity contribution >= 4 is 0 Å². The number of unbranched alkanes of at least 4 members (excludes halogenated alkanes) is 1. The van der Waals surface area contributed by atoms with Gasteiger partial charge >= 0.3 is 0 Å². The Hall–Kier alpha value is -1.15. The second kappa shape index (κ2) is 6.33. The number of nitrogens with zero attached hydrogens (tertiary/aromatic N) is 1. The van der Waals surface area contributed by atoms with Crippen LogP contribution in [0, 0.1) is 0 Å². The predicted octanol–water partition coefficient (Wildman–Crippen LogP) is 2.70. The zero-order chi connectivity index (χ0) is 10.2. The summed E-state index contributed by atoms with van der Waals surface area (Å²) in [6, 6.07) is 4.50. The van der Waals surface area contributed by atoms with Crippen molar-refractivity contribution < 1.29 is 0 Å². The first-order valence-corrected chi connectivity index (χ1v) is 5.09. The number of hydrogen-bond donors (Lipinski definition) is 1. The van der Waals surface area contributed by atoms with E-state index in [2.05, 4.69) is 23.8 Å². The highest BCUT2D eigenvalue weighted by atomic mass is 14.9. The normalized spacial score (nSPS) is 12.4. The lowest BCUT2D eigenvalue weighted by Gasteiger charge is -2.13. The molecule has 1 aromatic rings. The molecule has 1 atom stereocenters. The van der Waals surface area contributed by atoms with Gasteiger partial charge in [-0.2, -0.15) is 0 Å². The predicted molar refractivity (Wildman–Crippen MR) is 60.1 cm³/mol. The summed E-state index contributed by atoms with van der Waals surface area (Å²) < 4.78 is 0. The summed E-state index contributed by atoms with van der Waals surface area (Å²) in [7, 11) is 0. The Morgan fingerprint density at radius 1 is 1.50 bits per heavy atom. The smallest absolute Gasteiger partial charge is 0.0292 e. The summed E-state index contributed by atoms with van der Waals surface area (Å²) in [5.74, 6) is 0. The van der Waals surface area contributed by atoms with Crippen molar-refractivity contribution in [3.05, 3.63) is 42.7 Å². The van der Waals surface area contributed by atoms with Crippen molar-refractivity contribution in [3.63, 3.8) is 0 Å². The molecule has 0 aliphatic rings. The van der Waals surface area contributed by atoms with Crippen LogP contribution in [0.2, 0.25) is 0 Å². The molecule has 1 N–H and O–H groups in total. The molecule has 0 radical (unpaired) electrons. The van der Waals surface area contributed by atoms with Crippen molar-refractivity contribution in [3.8, 4) is 0 Å². The standard InChI is InChI=1S/C12H18N2/c1-3-4-5-8-14-11(2)12-6-9-13-10-7-12/h3,6-7,9-11,14H,1,4-5,8H2,2H3/t11-/m1/s1. The highest BCUT2D eigenvalue weighted by molar-refractivity contribution is 5.13. The van der Waals surface area contributed by atoms with Crippen LogP contribution in [0.4, 0.5) is 0 Å². The summed E-state index contributed by atoms with van der Waals surface area (Å²) in [6.07, 6.45) is 7.85. The van der Waals surface area contributed by atoms with Crippen LogP contribution in [-0.4, -0.2) is 11.5 Å². The van der Waals surface area contributed by atoms with E-state index in [9.17, 15) is 0 Å². The Morgan fingerprint density at radius 2 is 2.21 bits per heavy atom. The Labute approximate surface area is 86.1 Å². The van der Waals surface area contributed by atoms with Gasteiger partial charge in [0.15, 0.2) is 0 Å². The molecule has 0 fully saturated rings. The molecule has 0 saturated heterocycles. The van der Waals surface area contributed by atoms with Crippen LogP contribution in [0.25, 0.3) is 0 Å². The summed E-state index contributed by atoms with van der Waals surface area (Å²) in [4.78, 5) is 4.00. The van der Waals surface area contributed by atoms with Gasteiger partial charge in [-0.05, 0) is 44.0 Å². The van der Waals surface area contributed by atoms with Gasteiger partial charge in [0.05, 0.1) is 0 Å². The second-order valence-electron chi connectivity index (χ2n) is 3.39. The molecular formula is C12H18N2. The van der Waals surface area contributed by atoms with Crippen LogP contribution in [0.5, 0.6) is 0 Å². The number of nitrogens with one attached hydrogen (secondary N) is 1. The average molecular weight is 190 g/mol. The maximum absolute atomic E-state index is 4.00. The van der Waals surface area contributed by atoms with Crippen LogP contribution in [0.3, 0.4) is 0 Å². The van der Waals surface area contributed by atoms with Crippen LogP contribution in [0.1, 0.15) is 31.4 Å². The molecule has 2 heteroatoms. The number of pyridine rings is 1. The minimum atomic E-state index is 0.405. The van der Waals surface area contributed by atoms with E-state index in [1.54, 1.807) is 0 Å². The number of allylic oxidation sites excluding steroid dienone is 1. The van der Waals surface area contributed by atoms with E-state index in [1.165, 1.54) is 5.56 Å². The second-order valence-corrected chi connectivity index (χ2v) is 3.39. The van der Waals surface area contributed by atoms with Crippen molar-refractivity contribution in [1.82, 2.24) is 10.3 Å². The van der Waals surface area contributed by atoms with Gasteiger partial charge in [0.25, 0.3) is 0 Å². The van der Waals surface area contributed by atoms with E-state index < -0.39 is 0 Å². The quantitative estimate of drug-likeness (QED) is 0.551. The van der Waals surface area contributed by atoms with Gasteiger partial charge in [-0.25, -0.2) is 0 Å². The molecule has 0 aliphatic heterocycles. The fourth-order valence-corrected chi connectivity index (χ4v) is 1.33. The van der Waals surface area contributed by atoms with E-state index in [1.807, 2.05) is 30.6 Å². The first kappa shape index (κ1) is 10.9. The SMILES string of the molecule is C=CCCCN[C@H](C)c1ccncc1. The fraction of sp³-hybridized carbons (Fsp3) is 0.417. The van der Waals surface area contributed by atoms with Crippen molar-refractivity contribution in [2.24, 2.45) is 0 Å². The lowest BCUT2D eigenvalue weighted by Crippen LogP contribution is -2.19. The van der Waals surface area contributed by atoms with Gasteiger partial charge in [0.1, 0.15) is 0 Å². The zero-order valence-corrected chi connectivity index (χ0v) is 8.74. The van der Waals surface area contributed by atoms with Crippen LogP contribution >= 0.6 is 0 Å². The van der Waals surface area contributed by atoms with E-state index in [0.29, 0.717) is 6.04 Å². The third kappa shape index (κ3) is 3.71. The molecule has 76 valence electrons. The van der Waals surface area contributed by atoms with Crippen LogP contribution in [0.15, 0.2) is 37.2 Å². The minimum absolute atomic E-state index is 0.405. The molecule has 0 aromatic carbocycles. The van der Waals surface area contributed by atoms with Gasteiger partial charge in [0, 0.05) is 18.4 Å². The highest BCUT2D eigenvalue weighted by Gasteiger charge is 2.01. The van der Waals surface area contributed by atoms with Crippen molar-refractivity contribution in [2.75, 3.05) is 6.54 Å². The van der Waals surface area contributed by atoms with E-state index in [-0.39, 0.29) is 0 Å². The highest BCUT2D eigenvalue weighted by Crippen LogP contribution is 2.09. The van der Waals surface area contributed by atoms with Crippen molar-refractivity contribution in [1.29, 1.82) is 0 Å². The lowest BCUT2D eigenvalue weighted by molar-refractivity contribution is 0.560. The van der Waals surface area contributed by atoms with Crippen LogP contribution in [-0.2, 0) is 0 Å². The first-order valence-electron chi connectivity index (χ1n) is 5.09. The third-order valence-corrected chi connectivity index (χ3v) is 2.24. The van der Waals surface area contributed by atoms with Crippen molar-refractivity contribution in [2.45, 2.75) is 25.8 Å². The number of hydrogen-bond acceptors (Lipinski definition) is 2. The molecular weight excluding hydrogens is 172 g/mol. The summed E-state index contributed by atoms with van der Waals surface area (Å²) in [5.41, 5.74) is 1.29. The summed E-state index contributed by atoms with van der Waals surface area (Å²) in [6.45, 7) is 6.91. The largest absolute Gasteiger partial charge is 0.310 e. The van der Waals surface area contributed by atoms with E-state index >= 15 is 0 Å². The topological polar surface area (TPSA) is 24.9 Å². The molecule has 0 amide bonds. The van der Waals surface area contributed by atoms with Gasteiger partial charge in [-0.3, -0.25) is 4.98 Å². The van der Waals surface area contributed by atoms with E-state index in [4.69, 9.17) is 0 Å². The van der Waals surface area contributed by atoms with Gasteiger partial charge in [-0.15, -0.1) is 6.58 Å². The van der Waals surface area contributed by atoms with Gasteiger partial charge < -0.3 is 5.32 Å². The molecule has 14 heavy (non-hydrogen) atoms. The minimum Gasteiger partial charge on any atom is -0.310 e. The Morgan fingerprint density at radius 3 is 2.86 bits per heavy atom. The molecule has 0 unspecified atom stereocenters. The maximum Gasteiger partial charge on any atom is 0.0292 e. The zero-order valence-electron chi connectivity index (χ0n) is 8.74. The molecule has 1 rings (SSSR count). The Bertz CT molecular complexity index is 256. The lowest BCUT2D eigenvalue weighted by atomic mass is 10.1. The fourth-order valence-electron chi connectivity index (χ4n) is 1.33. The average Bonchev–Trinajstić information content (AvgIpc) is 2.25. The van der Waals surface area contributed by atoms with Crippen LogP contribution < -0.4 is 5.32 Å². The van der Waals surface area contributed by atoms with E-state index in [0.717, 1.165) is 19.4 Å².